The summed E-state index contributed by atoms with van der Waals surface area (Å²) in [7, 11) is 3.46. The average molecular weight is 251 g/mol. The van der Waals surface area contributed by atoms with Crippen molar-refractivity contribution in [2.45, 2.75) is 20.4 Å². The van der Waals surface area contributed by atoms with Gasteiger partial charge in [-0.05, 0) is 13.5 Å². The molecule has 0 spiro atoms. The van der Waals surface area contributed by atoms with Crippen LogP contribution in [0.1, 0.15) is 18.4 Å². The lowest BCUT2D eigenvalue weighted by Crippen LogP contribution is -2.35. The zero-order valence-electron chi connectivity index (χ0n) is 11.4. The molecule has 100 valence electrons. The summed E-state index contributed by atoms with van der Waals surface area (Å²) in [6.45, 7) is 5.65. The van der Waals surface area contributed by atoms with Crippen molar-refractivity contribution in [1.29, 1.82) is 0 Å². The quantitative estimate of drug-likeness (QED) is 0.765. The zero-order chi connectivity index (χ0) is 13.5. The molecule has 0 saturated carbocycles. The predicted molar refractivity (Wildman–Crippen MR) is 71.3 cm³/mol. The summed E-state index contributed by atoms with van der Waals surface area (Å²) in [4.78, 5) is 22.1. The molecule has 0 fully saturated rings. The minimum Gasteiger partial charge on any atom is -0.373 e. The van der Waals surface area contributed by atoms with Crippen LogP contribution in [0.3, 0.4) is 0 Å². The third kappa shape index (κ3) is 4.29. The van der Waals surface area contributed by atoms with Gasteiger partial charge < -0.3 is 10.6 Å². The molecule has 1 rings (SSSR count). The topological polar surface area (TPSA) is 70.2 Å². The summed E-state index contributed by atoms with van der Waals surface area (Å²) >= 11 is 0. The van der Waals surface area contributed by atoms with Gasteiger partial charge in [-0.1, -0.05) is 6.92 Å². The molecule has 0 aromatic carbocycles. The summed E-state index contributed by atoms with van der Waals surface area (Å²) in [6.07, 6.45) is 0. The monoisotopic (exact) mass is 251 g/mol. The molecule has 0 bridgehead atoms. The first kappa shape index (κ1) is 14.4. The number of nitrogens with zero attached hydrogens (tertiary/aromatic N) is 3. The first-order chi connectivity index (χ1) is 8.58. The van der Waals surface area contributed by atoms with Crippen LogP contribution in [-0.4, -0.2) is 48.0 Å². The molecular weight excluding hydrogens is 230 g/mol. The van der Waals surface area contributed by atoms with Crippen LogP contribution in [0.5, 0.6) is 0 Å². The third-order valence-electron chi connectivity index (χ3n) is 2.61. The van der Waals surface area contributed by atoms with E-state index in [1.807, 2.05) is 31.9 Å². The van der Waals surface area contributed by atoms with Crippen LogP contribution >= 0.6 is 0 Å². The number of aryl methyl sites for hydroxylation is 1. The number of nitrogens with one attached hydrogen (secondary N) is 2. The highest BCUT2D eigenvalue weighted by atomic mass is 16.1. The standard InChI is InChI=1S/C12H21N5O/c1-5-17(8-12(18)14-4)7-11-15-9(2)6-10(13-3)16-11/h6H,5,7-8H2,1-4H3,(H,14,18)(H,13,15,16). The Morgan fingerprint density at radius 1 is 1.39 bits per heavy atom. The van der Waals surface area contributed by atoms with Gasteiger partial charge in [-0.25, -0.2) is 9.97 Å². The van der Waals surface area contributed by atoms with Crippen LogP contribution in [0.2, 0.25) is 0 Å². The number of anilines is 1. The Morgan fingerprint density at radius 3 is 2.67 bits per heavy atom. The molecule has 6 nitrogen and oxygen atoms in total. The van der Waals surface area contributed by atoms with Gasteiger partial charge in [0, 0.05) is 25.9 Å². The molecule has 1 amide bonds. The minimum absolute atomic E-state index is 0.00153. The summed E-state index contributed by atoms with van der Waals surface area (Å²) in [5, 5.41) is 5.62. The number of hydrogen-bond donors (Lipinski definition) is 2. The molecule has 0 unspecified atom stereocenters. The Morgan fingerprint density at radius 2 is 2.11 bits per heavy atom. The third-order valence-corrected chi connectivity index (χ3v) is 2.61. The van der Waals surface area contributed by atoms with E-state index in [2.05, 4.69) is 20.6 Å². The largest absolute Gasteiger partial charge is 0.373 e. The van der Waals surface area contributed by atoms with Crippen molar-refractivity contribution in [2.75, 3.05) is 32.5 Å². The molecule has 1 heterocycles. The van der Waals surface area contributed by atoms with Crippen LogP contribution in [0, 0.1) is 6.92 Å². The van der Waals surface area contributed by atoms with Crippen molar-refractivity contribution < 1.29 is 4.79 Å². The Bertz CT molecular complexity index is 407. The van der Waals surface area contributed by atoms with Crippen LogP contribution in [0.4, 0.5) is 5.82 Å². The van der Waals surface area contributed by atoms with E-state index in [4.69, 9.17) is 0 Å². The Hall–Kier alpha value is -1.69. The second kappa shape index (κ2) is 6.90. The number of likely N-dealkylation sites (N-methyl/N-ethyl adjacent to an activating group) is 2. The highest BCUT2D eigenvalue weighted by Gasteiger charge is 2.10. The maximum atomic E-state index is 11.4. The van der Waals surface area contributed by atoms with Gasteiger partial charge >= 0.3 is 0 Å². The van der Waals surface area contributed by atoms with Gasteiger partial charge in [0.15, 0.2) is 0 Å². The Kier molecular flexibility index (Phi) is 5.51. The fourth-order valence-electron chi connectivity index (χ4n) is 1.59. The molecule has 1 aromatic rings. The van der Waals surface area contributed by atoms with E-state index in [1.54, 1.807) is 7.05 Å². The summed E-state index contributed by atoms with van der Waals surface area (Å²) in [5.41, 5.74) is 0.917. The fourth-order valence-corrected chi connectivity index (χ4v) is 1.59. The lowest BCUT2D eigenvalue weighted by Gasteiger charge is -2.18. The summed E-state index contributed by atoms with van der Waals surface area (Å²) in [6, 6.07) is 1.89. The maximum Gasteiger partial charge on any atom is 0.233 e. The van der Waals surface area contributed by atoms with Crippen molar-refractivity contribution in [3.05, 3.63) is 17.6 Å². The lowest BCUT2D eigenvalue weighted by molar-refractivity contribution is -0.121. The predicted octanol–water partition coefficient (Wildman–Crippen LogP) is 0.395. The SMILES string of the molecule is CCN(CC(=O)NC)Cc1nc(C)cc(NC)n1. The van der Waals surface area contributed by atoms with Gasteiger partial charge in [0.2, 0.25) is 5.91 Å². The highest BCUT2D eigenvalue weighted by Crippen LogP contribution is 2.07. The van der Waals surface area contributed by atoms with Crippen LogP contribution < -0.4 is 10.6 Å². The normalized spacial score (nSPS) is 10.5. The number of carbonyl (C=O) groups is 1. The molecule has 1 aromatic heterocycles. The molecule has 2 N–H and O–H groups in total. The number of amides is 1. The van der Waals surface area contributed by atoms with E-state index in [-0.39, 0.29) is 5.91 Å². The minimum atomic E-state index is -0.00153. The highest BCUT2D eigenvalue weighted by molar-refractivity contribution is 5.77. The second-order valence-corrected chi connectivity index (χ2v) is 4.04. The van der Waals surface area contributed by atoms with Gasteiger partial charge in [-0.15, -0.1) is 0 Å². The average Bonchev–Trinajstić information content (AvgIpc) is 2.36. The van der Waals surface area contributed by atoms with Gasteiger partial charge in [0.1, 0.15) is 11.6 Å². The van der Waals surface area contributed by atoms with Crippen LogP contribution in [-0.2, 0) is 11.3 Å². The van der Waals surface area contributed by atoms with E-state index >= 15 is 0 Å². The molecule has 0 aliphatic carbocycles. The van der Waals surface area contributed by atoms with E-state index in [0.29, 0.717) is 13.1 Å². The Labute approximate surface area is 108 Å². The smallest absolute Gasteiger partial charge is 0.233 e. The van der Waals surface area contributed by atoms with E-state index in [0.717, 1.165) is 23.9 Å². The van der Waals surface area contributed by atoms with Crippen molar-refractivity contribution in [3.63, 3.8) is 0 Å². The van der Waals surface area contributed by atoms with E-state index in [9.17, 15) is 4.79 Å². The first-order valence-corrected chi connectivity index (χ1v) is 6.04. The zero-order valence-corrected chi connectivity index (χ0v) is 11.4. The molecule has 18 heavy (non-hydrogen) atoms. The molecule has 0 saturated heterocycles. The van der Waals surface area contributed by atoms with Crippen molar-refractivity contribution in [3.8, 4) is 0 Å². The number of rotatable bonds is 6. The molecule has 0 aliphatic rings. The number of carbonyl (C=O) groups excluding carboxylic acids is 1. The maximum absolute atomic E-state index is 11.4. The number of aromatic nitrogens is 2. The van der Waals surface area contributed by atoms with Gasteiger partial charge in [0.25, 0.3) is 0 Å². The molecule has 0 radical (unpaired) electrons. The van der Waals surface area contributed by atoms with E-state index < -0.39 is 0 Å². The van der Waals surface area contributed by atoms with Gasteiger partial charge in [-0.2, -0.15) is 0 Å². The van der Waals surface area contributed by atoms with Crippen LogP contribution in [0.15, 0.2) is 6.07 Å². The summed E-state index contributed by atoms with van der Waals surface area (Å²) < 4.78 is 0. The van der Waals surface area contributed by atoms with Crippen molar-refractivity contribution >= 4 is 11.7 Å². The van der Waals surface area contributed by atoms with E-state index in [1.165, 1.54) is 0 Å². The van der Waals surface area contributed by atoms with Crippen molar-refractivity contribution in [1.82, 2.24) is 20.2 Å². The number of hydrogen-bond acceptors (Lipinski definition) is 5. The van der Waals surface area contributed by atoms with Crippen LogP contribution in [0.25, 0.3) is 0 Å². The van der Waals surface area contributed by atoms with Crippen molar-refractivity contribution in [2.24, 2.45) is 0 Å². The molecular formula is C12H21N5O. The second-order valence-electron chi connectivity index (χ2n) is 4.04. The molecule has 0 atom stereocenters. The lowest BCUT2D eigenvalue weighted by atomic mass is 10.3. The van der Waals surface area contributed by atoms with Gasteiger partial charge in [0.05, 0.1) is 13.1 Å². The fraction of sp³-hybridized carbons (Fsp3) is 0.583. The molecule has 6 heteroatoms. The summed E-state index contributed by atoms with van der Waals surface area (Å²) in [5.74, 6) is 1.52. The first-order valence-electron chi connectivity index (χ1n) is 6.04. The van der Waals surface area contributed by atoms with Gasteiger partial charge in [-0.3, -0.25) is 9.69 Å². The Balaban J connectivity index is 2.74. The molecule has 0 aliphatic heterocycles.